The molecule has 0 radical (unpaired) electrons. The van der Waals surface area contributed by atoms with Gasteiger partial charge in [0.2, 0.25) is 0 Å². The number of aromatic carboxylic acids is 1. The standard InChI is InChI=1S/C13H10N4O2/c14-7-5-6(13(18)19)11-12(10(7)15)17-9-4-2-1-3-8(9)16-11/h1-5H,14-15H2,(H,18,19). The molecule has 0 saturated heterocycles. The van der Waals surface area contributed by atoms with E-state index in [0.717, 1.165) is 0 Å². The minimum absolute atomic E-state index is 0.0000435. The second-order valence-corrected chi connectivity index (χ2v) is 4.14. The maximum Gasteiger partial charge on any atom is 0.338 e. The van der Waals surface area contributed by atoms with Gasteiger partial charge < -0.3 is 16.6 Å². The van der Waals surface area contributed by atoms with Crippen LogP contribution in [0.2, 0.25) is 0 Å². The number of carboxylic acids is 1. The van der Waals surface area contributed by atoms with Crippen molar-refractivity contribution in [2.45, 2.75) is 0 Å². The lowest BCUT2D eigenvalue weighted by Crippen LogP contribution is -2.06. The number of hydrogen-bond acceptors (Lipinski definition) is 5. The third-order valence-electron chi connectivity index (χ3n) is 2.92. The third-order valence-corrected chi connectivity index (χ3v) is 2.92. The van der Waals surface area contributed by atoms with Crippen LogP contribution in [0, 0.1) is 0 Å². The predicted octanol–water partition coefficient (Wildman–Crippen LogP) is 1.65. The van der Waals surface area contributed by atoms with E-state index in [-0.39, 0.29) is 22.5 Å². The maximum atomic E-state index is 11.3. The number of carboxylic acid groups (broad SMARTS) is 1. The highest BCUT2D eigenvalue weighted by Gasteiger charge is 2.16. The number of nitrogens with two attached hydrogens (primary N) is 2. The van der Waals surface area contributed by atoms with E-state index in [2.05, 4.69) is 9.97 Å². The Balaban J connectivity index is 2.55. The Hall–Kier alpha value is -2.89. The minimum Gasteiger partial charge on any atom is -0.478 e. The Labute approximate surface area is 107 Å². The molecule has 1 heterocycles. The average Bonchev–Trinajstić information content (AvgIpc) is 2.41. The van der Waals surface area contributed by atoms with Gasteiger partial charge in [-0.2, -0.15) is 0 Å². The Morgan fingerprint density at radius 2 is 1.63 bits per heavy atom. The van der Waals surface area contributed by atoms with E-state index in [1.165, 1.54) is 6.07 Å². The number of para-hydroxylation sites is 2. The van der Waals surface area contributed by atoms with E-state index in [4.69, 9.17) is 11.5 Å². The summed E-state index contributed by atoms with van der Waals surface area (Å²) in [7, 11) is 0. The van der Waals surface area contributed by atoms with Gasteiger partial charge in [0.25, 0.3) is 0 Å². The topological polar surface area (TPSA) is 115 Å². The summed E-state index contributed by atoms with van der Waals surface area (Å²) in [6.07, 6.45) is 0. The second-order valence-electron chi connectivity index (χ2n) is 4.14. The van der Waals surface area contributed by atoms with Gasteiger partial charge in [-0.15, -0.1) is 0 Å². The summed E-state index contributed by atoms with van der Waals surface area (Å²) < 4.78 is 0. The quantitative estimate of drug-likeness (QED) is 0.449. The van der Waals surface area contributed by atoms with E-state index >= 15 is 0 Å². The molecule has 3 aromatic rings. The lowest BCUT2D eigenvalue weighted by Gasteiger charge is -2.08. The third kappa shape index (κ3) is 1.61. The Kier molecular flexibility index (Phi) is 2.25. The van der Waals surface area contributed by atoms with Gasteiger partial charge in [-0.05, 0) is 18.2 Å². The van der Waals surface area contributed by atoms with Crippen LogP contribution in [0.15, 0.2) is 30.3 Å². The maximum absolute atomic E-state index is 11.3. The summed E-state index contributed by atoms with van der Waals surface area (Å²) in [6, 6.07) is 8.49. The van der Waals surface area contributed by atoms with E-state index in [0.29, 0.717) is 16.6 Å². The number of benzene rings is 2. The van der Waals surface area contributed by atoms with Gasteiger partial charge in [-0.25, -0.2) is 14.8 Å². The Morgan fingerprint density at radius 1 is 1.05 bits per heavy atom. The number of aromatic nitrogens is 2. The van der Waals surface area contributed by atoms with Gasteiger partial charge >= 0.3 is 5.97 Å². The van der Waals surface area contributed by atoms with Crippen molar-refractivity contribution in [2.75, 3.05) is 11.5 Å². The van der Waals surface area contributed by atoms with Crippen molar-refractivity contribution in [1.82, 2.24) is 9.97 Å². The number of anilines is 2. The zero-order valence-electron chi connectivity index (χ0n) is 9.79. The fraction of sp³-hybridized carbons (Fsp3) is 0. The van der Waals surface area contributed by atoms with Crippen LogP contribution in [0.5, 0.6) is 0 Å². The van der Waals surface area contributed by atoms with Gasteiger partial charge in [0.05, 0.1) is 28.0 Å². The molecule has 0 fully saturated rings. The first-order chi connectivity index (χ1) is 9.08. The number of carbonyl (C=O) groups is 1. The van der Waals surface area contributed by atoms with Gasteiger partial charge in [-0.1, -0.05) is 12.1 Å². The van der Waals surface area contributed by atoms with Crippen molar-refractivity contribution < 1.29 is 9.90 Å². The monoisotopic (exact) mass is 254 g/mol. The smallest absolute Gasteiger partial charge is 0.338 e. The number of fused-ring (bicyclic) bond motifs is 2. The summed E-state index contributed by atoms with van der Waals surface area (Å²) in [5.41, 5.74) is 13.8. The first-order valence-electron chi connectivity index (χ1n) is 5.55. The lowest BCUT2D eigenvalue weighted by atomic mass is 10.1. The van der Waals surface area contributed by atoms with Crippen LogP contribution in [-0.2, 0) is 0 Å². The number of nitrogen functional groups attached to an aromatic ring is 2. The molecule has 5 N–H and O–H groups in total. The molecule has 0 aliphatic carbocycles. The van der Waals surface area contributed by atoms with E-state index in [9.17, 15) is 9.90 Å². The molecule has 94 valence electrons. The fourth-order valence-electron chi connectivity index (χ4n) is 1.98. The highest BCUT2D eigenvalue weighted by atomic mass is 16.4. The molecule has 1 aromatic heterocycles. The van der Waals surface area contributed by atoms with Crippen LogP contribution >= 0.6 is 0 Å². The van der Waals surface area contributed by atoms with Gasteiger partial charge in [0.1, 0.15) is 11.0 Å². The summed E-state index contributed by atoms with van der Waals surface area (Å²) in [5.74, 6) is -1.11. The molecule has 0 saturated carbocycles. The van der Waals surface area contributed by atoms with Crippen LogP contribution in [0.25, 0.3) is 22.1 Å². The zero-order valence-corrected chi connectivity index (χ0v) is 9.79. The molecule has 0 atom stereocenters. The van der Waals surface area contributed by atoms with Crippen LogP contribution in [-0.4, -0.2) is 21.0 Å². The molecule has 0 aliphatic heterocycles. The highest BCUT2D eigenvalue weighted by Crippen LogP contribution is 2.29. The van der Waals surface area contributed by atoms with Gasteiger partial charge in [0, 0.05) is 0 Å². The van der Waals surface area contributed by atoms with Crippen LogP contribution in [0.1, 0.15) is 10.4 Å². The molecular formula is C13H10N4O2. The molecule has 2 aromatic carbocycles. The van der Waals surface area contributed by atoms with Crippen LogP contribution in [0.4, 0.5) is 11.4 Å². The molecule has 0 amide bonds. The first-order valence-corrected chi connectivity index (χ1v) is 5.55. The van der Waals surface area contributed by atoms with Gasteiger partial charge in [0.15, 0.2) is 0 Å². The summed E-state index contributed by atoms with van der Waals surface area (Å²) >= 11 is 0. The molecular weight excluding hydrogens is 244 g/mol. The fourth-order valence-corrected chi connectivity index (χ4v) is 1.98. The Bertz CT molecular complexity index is 830. The van der Waals surface area contributed by atoms with E-state index in [1.54, 1.807) is 12.1 Å². The van der Waals surface area contributed by atoms with Crippen molar-refractivity contribution in [3.63, 3.8) is 0 Å². The number of hydrogen-bond donors (Lipinski definition) is 3. The van der Waals surface area contributed by atoms with E-state index < -0.39 is 5.97 Å². The normalized spacial score (nSPS) is 10.9. The van der Waals surface area contributed by atoms with Crippen molar-refractivity contribution in [1.29, 1.82) is 0 Å². The van der Waals surface area contributed by atoms with Crippen molar-refractivity contribution in [2.24, 2.45) is 0 Å². The molecule has 0 aliphatic rings. The van der Waals surface area contributed by atoms with Crippen LogP contribution in [0.3, 0.4) is 0 Å². The molecule has 0 unspecified atom stereocenters. The minimum atomic E-state index is -1.11. The largest absolute Gasteiger partial charge is 0.478 e. The summed E-state index contributed by atoms with van der Waals surface area (Å²) in [5, 5.41) is 9.21. The zero-order chi connectivity index (χ0) is 13.6. The molecule has 3 rings (SSSR count). The van der Waals surface area contributed by atoms with Crippen molar-refractivity contribution in [3.8, 4) is 0 Å². The molecule has 0 spiro atoms. The summed E-state index contributed by atoms with van der Waals surface area (Å²) in [6.45, 7) is 0. The molecule has 0 bridgehead atoms. The molecule has 6 heteroatoms. The first kappa shape index (κ1) is 11.2. The van der Waals surface area contributed by atoms with Crippen LogP contribution < -0.4 is 11.5 Å². The molecule has 6 nitrogen and oxygen atoms in total. The van der Waals surface area contributed by atoms with Crippen molar-refractivity contribution in [3.05, 3.63) is 35.9 Å². The lowest BCUT2D eigenvalue weighted by molar-refractivity contribution is 0.0699. The average molecular weight is 254 g/mol. The Morgan fingerprint density at radius 3 is 2.21 bits per heavy atom. The number of rotatable bonds is 1. The second kappa shape index (κ2) is 3.81. The summed E-state index contributed by atoms with van der Waals surface area (Å²) in [4.78, 5) is 19.9. The SMILES string of the molecule is Nc1cc(C(=O)O)c2nc3ccccc3nc2c1N. The predicted molar refractivity (Wildman–Crippen MR) is 72.8 cm³/mol. The van der Waals surface area contributed by atoms with Gasteiger partial charge in [-0.3, -0.25) is 0 Å². The molecule has 19 heavy (non-hydrogen) atoms. The van der Waals surface area contributed by atoms with E-state index in [1.807, 2.05) is 12.1 Å². The number of nitrogens with zero attached hydrogens (tertiary/aromatic N) is 2. The van der Waals surface area contributed by atoms with Crippen molar-refractivity contribution >= 4 is 39.4 Å². The highest BCUT2D eigenvalue weighted by molar-refractivity contribution is 6.08.